The zero-order valence-corrected chi connectivity index (χ0v) is 14.3. The fraction of sp³-hybridized carbons (Fsp3) is 0.786. The van der Waals surface area contributed by atoms with Crippen LogP contribution in [0, 0.1) is 12.8 Å². The number of nitrogens with one attached hydrogen (secondary N) is 1. The van der Waals surface area contributed by atoms with Crippen LogP contribution in [0.3, 0.4) is 0 Å². The van der Waals surface area contributed by atoms with E-state index in [1.54, 1.807) is 6.20 Å². The summed E-state index contributed by atoms with van der Waals surface area (Å²) in [6.45, 7) is 5.15. The van der Waals surface area contributed by atoms with Gasteiger partial charge in [0.05, 0.1) is 0 Å². The fourth-order valence-corrected chi connectivity index (χ4v) is 4.08. The molecule has 0 spiro atoms. The van der Waals surface area contributed by atoms with Gasteiger partial charge in [-0.3, -0.25) is 0 Å². The van der Waals surface area contributed by atoms with E-state index in [1.807, 2.05) is 11.5 Å². The fourth-order valence-electron chi connectivity index (χ4n) is 2.70. The monoisotopic (exact) mass is 333 g/mol. The van der Waals surface area contributed by atoms with Crippen LogP contribution >= 0.6 is 11.6 Å². The first kappa shape index (κ1) is 16.8. The zero-order chi connectivity index (χ0) is 15.5. The Kier molecular flexibility index (Phi) is 5.68. The second kappa shape index (κ2) is 7.11. The molecular formula is C14H24ClN3O2S. The van der Waals surface area contributed by atoms with Gasteiger partial charge in [0, 0.05) is 24.7 Å². The molecule has 1 aromatic heterocycles. The quantitative estimate of drug-likeness (QED) is 0.814. The summed E-state index contributed by atoms with van der Waals surface area (Å²) in [6, 6.07) is 0. The summed E-state index contributed by atoms with van der Waals surface area (Å²) in [7, 11) is -3.51. The molecule has 0 amide bonds. The van der Waals surface area contributed by atoms with Gasteiger partial charge in [0.1, 0.15) is 5.82 Å². The number of halogens is 1. The van der Waals surface area contributed by atoms with Gasteiger partial charge in [-0.05, 0) is 44.9 Å². The average molecular weight is 334 g/mol. The number of sulfonamides is 1. The molecular weight excluding hydrogens is 310 g/mol. The maximum Gasteiger partial charge on any atom is 0.259 e. The first-order chi connectivity index (χ1) is 9.92. The second-order valence-electron chi connectivity index (χ2n) is 5.79. The molecule has 0 radical (unpaired) electrons. The molecule has 1 aromatic rings. The Hall–Kier alpha value is -0.590. The van der Waals surface area contributed by atoms with E-state index in [-0.39, 0.29) is 10.4 Å². The van der Waals surface area contributed by atoms with Crippen molar-refractivity contribution >= 4 is 21.6 Å². The van der Waals surface area contributed by atoms with E-state index in [1.165, 1.54) is 0 Å². The molecule has 1 fully saturated rings. The highest BCUT2D eigenvalue weighted by molar-refractivity contribution is 7.89. The van der Waals surface area contributed by atoms with Crippen molar-refractivity contribution in [2.75, 3.05) is 6.54 Å². The lowest BCUT2D eigenvalue weighted by molar-refractivity contribution is 0.361. The van der Waals surface area contributed by atoms with E-state index in [0.717, 1.165) is 44.5 Å². The van der Waals surface area contributed by atoms with E-state index in [2.05, 4.69) is 16.6 Å². The standard InChI is InChI=1S/C14H24ClN3O2S/c1-3-8-18-10-14(17-11(18)2)21(19,20)16-9-12-4-6-13(15)7-5-12/h10,12-13,16H,3-9H2,1-2H3. The van der Waals surface area contributed by atoms with Crippen molar-refractivity contribution in [2.45, 2.75) is 62.9 Å². The van der Waals surface area contributed by atoms with Crippen molar-refractivity contribution in [2.24, 2.45) is 5.92 Å². The number of nitrogens with zero attached hydrogens (tertiary/aromatic N) is 2. The molecule has 1 aliphatic carbocycles. The lowest BCUT2D eigenvalue weighted by Gasteiger charge is -2.24. The van der Waals surface area contributed by atoms with E-state index < -0.39 is 10.0 Å². The second-order valence-corrected chi connectivity index (χ2v) is 8.12. The number of hydrogen-bond acceptors (Lipinski definition) is 3. The third kappa shape index (κ3) is 4.44. The van der Waals surface area contributed by atoms with Crippen LogP contribution in [0.15, 0.2) is 11.2 Å². The van der Waals surface area contributed by atoms with Gasteiger partial charge in [0.25, 0.3) is 10.0 Å². The van der Waals surface area contributed by atoms with Gasteiger partial charge in [0.15, 0.2) is 5.03 Å². The molecule has 0 aliphatic heterocycles. The SMILES string of the molecule is CCCn1cc(S(=O)(=O)NCC2CCC(Cl)CC2)nc1C. The van der Waals surface area contributed by atoms with Crippen LogP contribution in [0.25, 0.3) is 0 Å². The molecule has 2 rings (SSSR count). The number of aromatic nitrogens is 2. The minimum absolute atomic E-state index is 0.125. The highest BCUT2D eigenvalue weighted by Crippen LogP contribution is 2.27. The number of rotatable bonds is 6. The molecule has 1 heterocycles. The van der Waals surface area contributed by atoms with Crippen LogP contribution in [0.2, 0.25) is 0 Å². The summed E-state index contributed by atoms with van der Waals surface area (Å²) < 4.78 is 29.2. The lowest BCUT2D eigenvalue weighted by atomic mass is 9.89. The van der Waals surface area contributed by atoms with Gasteiger partial charge in [-0.2, -0.15) is 0 Å². The summed E-state index contributed by atoms with van der Waals surface area (Å²) in [5.74, 6) is 1.12. The normalized spacial score (nSPS) is 23.4. The maximum atomic E-state index is 12.3. The highest BCUT2D eigenvalue weighted by Gasteiger charge is 2.23. The van der Waals surface area contributed by atoms with Crippen molar-refractivity contribution in [3.8, 4) is 0 Å². The van der Waals surface area contributed by atoms with Crippen LogP contribution in [0.1, 0.15) is 44.9 Å². The smallest absolute Gasteiger partial charge is 0.259 e. The van der Waals surface area contributed by atoms with Crippen molar-refractivity contribution in [1.29, 1.82) is 0 Å². The summed E-state index contributed by atoms with van der Waals surface area (Å²) in [6.07, 6.45) is 6.49. The average Bonchev–Trinajstić information content (AvgIpc) is 2.81. The van der Waals surface area contributed by atoms with Gasteiger partial charge in [0.2, 0.25) is 0 Å². The first-order valence-electron chi connectivity index (χ1n) is 7.60. The summed E-state index contributed by atoms with van der Waals surface area (Å²) >= 11 is 6.07. The molecule has 1 saturated carbocycles. The Morgan fingerprint density at radius 2 is 2.05 bits per heavy atom. The van der Waals surface area contributed by atoms with E-state index in [0.29, 0.717) is 12.5 Å². The third-order valence-corrected chi connectivity index (χ3v) is 5.76. The number of aryl methyl sites for hydroxylation is 2. The van der Waals surface area contributed by atoms with Crippen LogP contribution in [0.4, 0.5) is 0 Å². The highest BCUT2D eigenvalue weighted by atomic mass is 35.5. The first-order valence-corrected chi connectivity index (χ1v) is 9.52. The van der Waals surface area contributed by atoms with Crippen molar-refractivity contribution in [3.05, 3.63) is 12.0 Å². The molecule has 0 aromatic carbocycles. The van der Waals surface area contributed by atoms with Crippen molar-refractivity contribution in [1.82, 2.24) is 14.3 Å². The van der Waals surface area contributed by atoms with Crippen LogP contribution in [-0.4, -0.2) is 29.9 Å². The Morgan fingerprint density at radius 3 is 2.67 bits per heavy atom. The van der Waals surface area contributed by atoms with E-state index in [9.17, 15) is 8.42 Å². The van der Waals surface area contributed by atoms with Crippen molar-refractivity contribution in [3.63, 3.8) is 0 Å². The predicted octanol–water partition coefficient (Wildman–Crippen LogP) is 2.68. The topological polar surface area (TPSA) is 64.0 Å². The van der Waals surface area contributed by atoms with Crippen LogP contribution in [-0.2, 0) is 16.6 Å². The van der Waals surface area contributed by atoms with E-state index in [4.69, 9.17) is 11.6 Å². The number of imidazole rings is 1. The largest absolute Gasteiger partial charge is 0.334 e. The predicted molar refractivity (Wildman–Crippen MR) is 84.0 cm³/mol. The van der Waals surface area contributed by atoms with Gasteiger partial charge in [-0.25, -0.2) is 18.1 Å². The Balaban J connectivity index is 1.96. The molecule has 1 N–H and O–H groups in total. The molecule has 120 valence electrons. The molecule has 5 nitrogen and oxygen atoms in total. The summed E-state index contributed by atoms with van der Waals surface area (Å²) in [5.41, 5.74) is 0. The van der Waals surface area contributed by atoms with E-state index >= 15 is 0 Å². The van der Waals surface area contributed by atoms with Gasteiger partial charge in [-0.1, -0.05) is 6.92 Å². The lowest BCUT2D eigenvalue weighted by Crippen LogP contribution is -2.31. The van der Waals surface area contributed by atoms with Crippen LogP contribution < -0.4 is 4.72 Å². The summed E-state index contributed by atoms with van der Waals surface area (Å²) in [4.78, 5) is 4.17. The molecule has 0 bridgehead atoms. The molecule has 0 saturated heterocycles. The minimum Gasteiger partial charge on any atom is -0.334 e. The number of hydrogen-bond donors (Lipinski definition) is 1. The molecule has 7 heteroatoms. The molecule has 1 aliphatic rings. The molecule has 0 atom stereocenters. The summed E-state index contributed by atoms with van der Waals surface area (Å²) in [5, 5.41) is 0.379. The van der Waals surface area contributed by atoms with Gasteiger partial charge in [-0.15, -0.1) is 11.6 Å². The molecule has 0 unspecified atom stereocenters. The maximum absolute atomic E-state index is 12.3. The zero-order valence-electron chi connectivity index (χ0n) is 12.7. The molecule has 21 heavy (non-hydrogen) atoms. The van der Waals surface area contributed by atoms with Gasteiger partial charge >= 0.3 is 0 Å². The Morgan fingerprint density at radius 1 is 1.38 bits per heavy atom. The van der Waals surface area contributed by atoms with Crippen LogP contribution in [0.5, 0.6) is 0 Å². The van der Waals surface area contributed by atoms with Gasteiger partial charge < -0.3 is 4.57 Å². The minimum atomic E-state index is -3.51. The van der Waals surface area contributed by atoms with Crippen molar-refractivity contribution < 1.29 is 8.42 Å². The Labute approximate surface area is 132 Å². The Bertz CT molecular complexity index is 563. The number of alkyl halides is 1. The third-order valence-electron chi connectivity index (χ3n) is 4.03.